The summed E-state index contributed by atoms with van der Waals surface area (Å²) < 4.78 is 40.4. The summed E-state index contributed by atoms with van der Waals surface area (Å²) in [5.41, 5.74) is 0.356. The van der Waals surface area contributed by atoms with Crippen molar-refractivity contribution in [1.82, 2.24) is 19.7 Å². The first-order valence-corrected chi connectivity index (χ1v) is 7.94. The Morgan fingerprint density at radius 3 is 2.72 bits per heavy atom. The second-order valence-corrected chi connectivity index (χ2v) is 6.01. The van der Waals surface area contributed by atoms with Gasteiger partial charge in [0.25, 0.3) is 0 Å². The zero-order valence-corrected chi connectivity index (χ0v) is 13.9. The van der Waals surface area contributed by atoms with Gasteiger partial charge in [0, 0.05) is 36.3 Å². The van der Waals surface area contributed by atoms with Crippen molar-refractivity contribution in [2.45, 2.75) is 32.5 Å². The predicted molar refractivity (Wildman–Crippen MR) is 89.3 cm³/mol. The number of anilines is 1. The summed E-state index contributed by atoms with van der Waals surface area (Å²) >= 11 is 0. The number of aromatic nitrogens is 4. The maximum Gasteiger partial charge on any atom is 0.416 e. The lowest BCUT2D eigenvalue weighted by Crippen LogP contribution is -2.12. The van der Waals surface area contributed by atoms with E-state index in [2.05, 4.69) is 34.3 Å². The molecule has 1 N–H and O–H groups in total. The summed E-state index contributed by atoms with van der Waals surface area (Å²) in [6.07, 6.45) is -0.523. The van der Waals surface area contributed by atoms with Crippen LogP contribution in [0.15, 0.2) is 36.8 Å². The Morgan fingerprint density at radius 1 is 1.20 bits per heavy atom. The number of fused-ring (bicyclic) bond motifs is 1. The summed E-state index contributed by atoms with van der Waals surface area (Å²) in [5, 5.41) is 11.9. The molecule has 0 aliphatic heterocycles. The summed E-state index contributed by atoms with van der Waals surface area (Å²) in [7, 11) is 0. The minimum atomic E-state index is -4.37. The molecule has 0 bridgehead atoms. The third kappa shape index (κ3) is 3.72. The van der Waals surface area contributed by atoms with Crippen molar-refractivity contribution < 1.29 is 13.2 Å². The standard InChI is InChI=1S/C17H18F3N5/c1-11(2)25-10-23-24-16(25)6-8-21-14-5-7-22-15-9-12(17(18,19)20)3-4-13(14)15/h3-5,7,9-11H,6,8H2,1-2H3,(H,21,22). The van der Waals surface area contributed by atoms with Crippen LogP contribution in [0.4, 0.5) is 18.9 Å². The van der Waals surface area contributed by atoms with E-state index in [0.717, 1.165) is 23.6 Å². The van der Waals surface area contributed by atoms with Crippen LogP contribution in [0.2, 0.25) is 0 Å². The van der Waals surface area contributed by atoms with E-state index >= 15 is 0 Å². The van der Waals surface area contributed by atoms with Crippen LogP contribution in [0.3, 0.4) is 0 Å². The Morgan fingerprint density at radius 2 is 2.00 bits per heavy atom. The first kappa shape index (κ1) is 17.2. The first-order valence-electron chi connectivity index (χ1n) is 7.94. The van der Waals surface area contributed by atoms with Gasteiger partial charge in [0.2, 0.25) is 0 Å². The third-order valence-electron chi connectivity index (χ3n) is 3.94. The second-order valence-electron chi connectivity index (χ2n) is 6.01. The highest BCUT2D eigenvalue weighted by molar-refractivity contribution is 5.91. The van der Waals surface area contributed by atoms with Crippen molar-refractivity contribution in [3.05, 3.63) is 48.2 Å². The van der Waals surface area contributed by atoms with Crippen LogP contribution in [-0.4, -0.2) is 26.3 Å². The van der Waals surface area contributed by atoms with E-state index in [9.17, 15) is 13.2 Å². The van der Waals surface area contributed by atoms with Gasteiger partial charge in [0.1, 0.15) is 12.2 Å². The molecule has 1 aromatic carbocycles. The van der Waals surface area contributed by atoms with Gasteiger partial charge >= 0.3 is 6.18 Å². The summed E-state index contributed by atoms with van der Waals surface area (Å²) in [4.78, 5) is 4.04. The van der Waals surface area contributed by atoms with Gasteiger partial charge in [-0.25, -0.2) is 0 Å². The van der Waals surface area contributed by atoms with Crippen LogP contribution in [-0.2, 0) is 12.6 Å². The van der Waals surface area contributed by atoms with Gasteiger partial charge in [-0.05, 0) is 32.0 Å². The Kier molecular flexibility index (Phi) is 4.61. The Balaban J connectivity index is 1.76. The second kappa shape index (κ2) is 6.70. The first-order chi connectivity index (χ1) is 11.9. The molecule has 0 spiro atoms. The zero-order chi connectivity index (χ0) is 18.0. The maximum atomic E-state index is 12.8. The molecule has 3 rings (SSSR count). The normalized spacial score (nSPS) is 12.1. The van der Waals surface area contributed by atoms with Gasteiger partial charge < -0.3 is 9.88 Å². The number of alkyl halides is 3. The summed E-state index contributed by atoms with van der Waals surface area (Å²) in [6.45, 7) is 4.69. The Bertz CT molecular complexity index is 870. The topological polar surface area (TPSA) is 55.6 Å². The number of benzene rings is 1. The molecule has 3 aromatic rings. The molecule has 8 heteroatoms. The van der Waals surface area contributed by atoms with E-state index in [-0.39, 0.29) is 6.04 Å². The average molecular weight is 349 g/mol. The van der Waals surface area contributed by atoms with Crippen LogP contribution >= 0.6 is 0 Å². The van der Waals surface area contributed by atoms with E-state index in [1.54, 1.807) is 12.4 Å². The average Bonchev–Trinajstić information content (AvgIpc) is 3.02. The molecular weight excluding hydrogens is 331 g/mol. The molecule has 25 heavy (non-hydrogen) atoms. The molecule has 0 unspecified atom stereocenters. The van der Waals surface area contributed by atoms with Crippen molar-refractivity contribution in [2.75, 3.05) is 11.9 Å². The SMILES string of the molecule is CC(C)n1cnnc1CCNc1ccnc2cc(C(F)(F)F)ccc12. The predicted octanol–water partition coefficient (Wildman–Crippen LogP) is 4.08. The molecular formula is C17H18F3N5. The molecule has 2 heterocycles. The number of hydrogen-bond donors (Lipinski definition) is 1. The van der Waals surface area contributed by atoms with Crippen molar-refractivity contribution >= 4 is 16.6 Å². The molecule has 132 valence electrons. The van der Waals surface area contributed by atoms with E-state index in [4.69, 9.17) is 0 Å². The van der Waals surface area contributed by atoms with Crippen LogP contribution < -0.4 is 5.32 Å². The molecule has 0 aliphatic carbocycles. The zero-order valence-electron chi connectivity index (χ0n) is 13.9. The van der Waals surface area contributed by atoms with Crippen molar-refractivity contribution in [1.29, 1.82) is 0 Å². The fraction of sp³-hybridized carbons (Fsp3) is 0.353. The molecule has 5 nitrogen and oxygen atoms in total. The molecule has 0 saturated heterocycles. The molecule has 2 aromatic heterocycles. The number of nitrogens with one attached hydrogen (secondary N) is 1. The molecule has 0 radical (unpaired) electrons. The Labute approximate surface area is 142 Å². The van der Waals surface area contributed by atoms with Gasteiger partial charge in [-0.3, -0.25) is 4.98 Å². The largest absolute Gasteiger partial charge is 0.416 e. The number of halogens is 3. The lowest BCUT2D eigenvalue weighted by molar-refractivity contribution is -0.137. The van der Waals surface area contributed by atoms with Crippen molar-refractivity contribution in [3.8, 4) is 0 Å². The highest BCUT2D eigenvalue weighted by Crippen LogP contribution is 2.32. The molecule has 0 amide bonds. The minimum Gasteiger partial charge on any atom is -0.384 e. The Hall–Kier alpha value is -2.64. The third-order valence-corrected chi connectivity index (χ3v) is 3.94. The fourth-order valence-corrected chi connectivity index (χ4v) is 2.66. The monoisotopic (exact) mass is 349 g/mol. The lowest BCUT2D eigenvalue weighted by Gasteiger charge is -2.13. The number of rotatable bonds is 5. The van der Waals surface area contributed by atoms with Gasteiger partial charge in [-0.1, -0.05) is 6.07 Å². The lowest BCUT2D eigenvalue weighted by atomic mass is 10.1. The summed E-state index contributed by atoms with van der Waals surface area (Å²) in [6, 6.07) is 5.61. The number of nitrogens with zero attached hydrogens (tertiary/aromatic N) is 4. The number of pyridine rings is 1. The fourth-order valence-electron chi connectivity index (χ4n) is 2.66. The van der Waals surface area contributed by atoms with E-state index in [0.29, 0.717) is 23.9 Å². The van der Waals surface area contributed by atoms with Crippen LogP contribution in [0.1, 0.15) is 31.3 Å². The minimum absolute atomic E-state index is 0.271. The molecule has 0 atom stereocenters. The van der Waals surface area contributed by atoms with Crippen LogP contribution in [0, 0.1) is 0 Å². The van der Waals surface area contributed by atoms with E-state index in [1.165, 1.54) is 12.3 Å². The highest BCUT2D eigenvalue weighted by Gasteiger charge is 2.30. The van der Waals surface area contributed by atoms with Crippen molar-refractivity contribution in [2.24, 2.45) is 0 Å². The molecule has 0 aliphatic rings. The quantitative estimate of drug-likeness (QED) is 0.754. The maximum absolute atomic E-state index is 12.8. The van der Waals surface area contributed by atoms with Crippen LogP contribution in [0.25, 0.3) is 10.9 Å². The highest BCUT2D eigenvalue weighted by atomic mass is 19.4. The van der Waals surface area contributed by atoms with E-state index < -0.39 is 11.7 Å². The van der Waals surface area contributed by atoms with Gasteiger partial charge in [-0.2, -0.15) is 13.2 Å². The van der Waals surface area contributed by atoms with Gasteiger partial charge in [-0.15, -0.1) is 10.2 Å². The molecule has 0 saturated carbocycles. The summed E-state index contributed by atoms with van der Waals surface area (Å²) in [5.74, 6) is 0.861. The van der Waals surface area contributed by atoms with E-state index in [1.807, 2.05) is 4.57 Å². The number of hydrogen-bond acceptors (Lipinski definition) is 4. The van der Waals surface area contributed by atoms with Gasteiger partial charge in [0.15, 0.2) is 0 Å². The smallest absolute Gasteiger partial charge is 0.384 e. The molecule has 0 fully saturated rings. The van der Waals surface area contributed by atoms with Gasteiger partial charge in [0.05, 0.1) is 11.1 Å². The van der Waals surface area contributed by atoms with Crippen molar-refractivity contribution in [3.63, 3.8) is 0 Å². The van der Waals surface area contributed by atoms with Crippen LogP contribution in [0.5, 0.6) is 0 Å².